The third kappa shape index (κ3) is 5.70. The van der Waals surface area contributed by atoms with Crippen molar-refractivity contribution in [2.75, 3.05) is 5.32 Å². The zero-order valence-electron chi connectivity index (χ0n) is 20.1. The zero-order chi connectivity index (χ0) is 25.1. The summed E-state index contributed by atoms with van der Waals surface area (Å²) in [6, 6.07) is 13.5. The number of aromatic nitrogens is 2. The average Bonchev–Trinajstić information content (AvgIpc) is 3.79. The minimum atomic E-state index is -0.779. The second-order valence-corrected chi connectivity index (χ2v) is 9.65. The maximum Gasteiger partial charge on any atom is 0.408 e. The molecule has 0 unspecified atom stereocenters. The van der Waals surface area contributed by atoms with Gasteiger partial charge in [0.2, 0.25) is 11.9 Å². The van der Waals surface area contributed by atoms with Crippen molar-refractivity contribution in [2.24, 2.45) is 17.8 Å². The fraction of sp³-hybridized carbons (Fsp3) is 0.357. The van der Waals surface area contributed by atoms with Gasteiger partial charge in [0.15, 0.2) is 0 Å². The highest BCUT2D eigenvalue weighted by molar-refractivity contribution is 5.96. The van der Waals surface area contributed by atoms with Gasteiger partial charge in [-0.15, -0.1) is 0 Å². The van der Waals surface area contributed by atoms with E-state index in [1.165, 1.54) is 0 Å². The Morgan fingerprint density at radius 1 is 1.03 bits per heavy atom. The van der Waals surface area contributed by atoms with Crippen LogP contribution in [0.4, 0.5) is 15.0 Å². The number of aryl methyl sites for hydroxylation is 1. The van der Waals surface area contributed by atoms with Crippen LogP contribution in [0.1, 0.15) is 36.8 Å². The topological polar surface area (TPSA) is 93.2 Å². The van der Waals surface area contributed by atoms with Crippen molar-refractivity contribution in [2.45, 2.75) is 45.3 Å². The number of nitrogens with one attached hydrogen (secondary N) is 2. The lowest BCUT2D eigenvalue weighted by atomic mass is 9.89. The molecule has 186 valence electrons. The molecule has 2 heterocycles. The van der Waals surface area contributed by atoms with Gasteiger partial charge in [0.25, 0.3) is 0 Å². The van der Waals surface area contributed by atoms with Crippen LogP contribution in [0.5, 0.6) is 0 Å². The summed E-state index contributed by atoms with van der Waals surface area (Å²) in [5.74, 6) is -0.204. The summed E-state index contributed by atoms with van der Waals surface area (Å²) >= 11 is 0. The molecule has 0 saturated heterocycles. The molecule has 8 heteroatoms. The molecule has 0 aliphatic heterocycles. The van der Waals surface area contributed by atoms with Crippen LogP contribution in [0.25, 0.3) is 11.1 Å². The number of alkyl carbamates (subject to hydrolysis) is 1. The van der Waals surface area contributed by atoms with Gasteiger partial charge in [-0.1, -0.05) is 30.3 Å². The van der Waals surface area contributed by atoms with E-state index in [1.54, 1.807) is 30.6 Å². The highest BCUT2D eigenvalue weighted by Gasteiger charge is 2.48. The number of carbonyl (C=O) groups excluding carboxylic acids is 2. The van der Waals surface area contributed by atoms with Gasteiger partial charge in [-0.25, -0.2) is 9.78 Å². The van der Waals surface area contributed by atoms with E-state index in [0.717, 1.165) is 36.8 Å². The number of rotatable bonds is 9. The fourth-order valence-electron chi connectivity index (χ4n) is 4.77. The molecule has 0 spiro atoms. The predicted molar refractivity (Wildman–Crippen MR) is 133 cm³/mol. The summed E-state index contributed by atoms with van der Waals surface area (Å²) in [5.41, 5.74) is 2.69. The summed E-state index contributed by atoms with van der Waals surface area (Å²) in [5, 5.41) is 5.53. The van der Waals surface area contributed by atoms with E-state index in [-0.39, 0.29) is 18.3 Å². The molecule has 2 fully saturated rings. The number of nitrogens with zero attached hydrogens (tertiary/aromatic N) is 2. The van der Waals surface area contributed by atoms with E-state index >= 15 is 0 Å². The number of amides is 2. The molecular weight excluding hydrogens is 459 g/mol. The van der Waals surface area contributed by atoms with E-state index < -0.39 is 24.0 Å². The van der Waals surface area contributed by atoms with Crippen molar-refractivity contribution in [3.05, 3.63) is 78.0 Å². The van der Waals surface area contributed by atoms with Gasteiger partial charge in [0.05, 0.1) is 0 Å². The van der Waals surface area contributed by atoms with Crippen molar-refractivity contribution in [3.63, 3.8) is 0 Å². The molecular formula is C28H29FN4O3. The van der Waals surface area contributed by atoms with Gasteiger partial charge < -0.3 is 15.4 Å². The lowest BCUT2D eigenvalue weighted by Gasteiger charge is -2.27. The van der Waals surface area contributed by atoms with Gasteiger partial charge in [-0.05, 0) is 79.7 Å². The zero-order valence-corrected chi connectivity index (χ0v) is 20.1. The molecule has 2 N–H and O–H groups in total. The molecule has 1 aromatic carbocycles. The Bertz CT molecular complexity index is 1230. The van der Waals surface area contributed by atoms with E-state index in [2.05, 4.69) is 20.6 Å². The molecule has 2 aliphatic carbocycles. The number of anilines is 1. The van der Waals surface area contributed by atoms with Gasteiger partial charge in [-0.3, -0.25) is 9.78 Å². The van der Waals surface area contributed by atoms with Crippen LogP contribution in [0.15, 0.2) is 60.9 Å². The summed E-state index contributed by atoms with van der Waals surface area (Å²) < 4.78 is 20.3. The number of halogens is 1. The second-order valence-electron chi connectivity index (χ2n) is 9.65. The van der Waals surface area contributed by atoms with Crippen molar-refractivity contribution >= 4 is 17.8 Å². The second kappa shape index (κ2) is 10.4. The average molecular weight is 489 g/mol. The van der Waals surface area contributed by atoms with Gasteiger partial charge in [0.1, 0.15) is 18.5 Å². The Hall–Kier alpha value is -3.81. The van der Waals surface area contributed by atoms with Crippen LogP contribution in [0, 0.1) is 30.6 Å². The van der Waals surface area contributed by atoms with Crippen LogP contribution in [0.3, 0.4) is 0 Å². The molecule has 0 bridgehead atoms. The maximum atomic E-state index is 14.9. The largest absolute Gasteiger partial charge is 0.445 e. The third-order valence-corrected chi connectivity index (χ3v) is 6.92. The Labute approximate surface area is 209 Å². The molecule has 5 rings (SSSR count). The molecule has 2 aromatic heterocycles. The molecule has 2 saturated carbocycles. The first kappa shape index (κ1) is 23.9. The molecule has 3 aromatic rings. The fourth-order valence-corrected chi connectivity index (χ4v) is 4.77. The highest BCUT2D eigenvalue weighted by atomic mass is 19.1. The number of pyridine rings is 2. The SMILES string of the molecule is Cc1ccncc1-c1ccc(NC(=O)[C@@H](NC(=O)OCc2ccccc2)C(C2CC2)C2CC2)nc1F. The smallest absolute Gasteiger partial charge is 0.408 e. The number of carbonyl (C=O) groups is 2. The lowest BCUT2D eigenvalue weighted by Crippen LogP contribution is -2.50. The van der Waals surface area contributed by atoms with Gasteiger partial charge >= 0.3 is 6.09 Å². The number of hydrogen-bond donors (Lipinski definition) is 2. The summed E-state index contributed by atoms with van der Waals surface area (Å²) in [7, 11) is 0. The van der Waals surface area contributed by atoms with Gasteiger partial charge in [0, 0.05) is 23.5 Å². The first-order chi connectivity index (χ1) is 17.5. The van der Waals surface area contributed by atoms with Crippen LogP contribution < -0.4 is 10.6 Å². The monoisotopic (exact) mass is 488 g/mol. The molecule has 1 atom stereocenters. The van der Waals surface area contributed by atoms with Crippen LogP contribution >= 0.6 is 0 Å². The first-order valence-corrected chi connectivity index (χ1v) is 12.3. The molecule has 7 nitrogen and oxygen atoms in total. The van der Waals surface area contributed by atoms with Gasteiger partial charge in [-0.2, -0.15) is 4.39 Å². The minimum Gasteiger partial charge on any atom is -0.445 e. The normalized spacial score (nSPS) is 15.9. The Morgan fingerprint density at radius 3 is 2.39 bits per heavy atom. The van der Waals surface area contributed by atoms with E-state index in [4.69, 9.17) is 4.74 Å². The van der Waals surface area contributed by atoms with Crippen molar-refractivity contribution in [1.82, 2.24) is 15.3 Å². The third-order valence-electron chi connectivity index (χ3n) is 6.92. The minimum absolute atomic E-state index is 0.0245. The summed E-state index contributed by atoms with van der Waals surface area (Å²) in [4.78, 5) is 34.1. The van der Waals surface area contributed by atoms with Crippen molar-refractivity contribution in [1.29, 1.82) is 0 Å². The number of hydrogen-bond acceptors (Lipinski definition) is 5. The van der Waals surface area contributed by atoms with Crippen LogP contribution in [-0.2, 0) is 16.1 Å². The summed E-state index contributed by atoms with van der Waals surface area (Å²) in [6.45, 7) is 1.98. The molecule has 2 amide bonds. The van der Waals surface area contributed by atoms with E-state index in [9.17, 15) is 14.0 Å². The lowest BCUT2D eigenvalue weighted by molar-refractivity contribution is -0.119. The maximum absolute atomic E-state index is 14.9. The molecule has 2 aliphatic rings. The standard InChI is InChI=1S/C28H29FN4O3/c1-17-13-14-30-15-22(17)21-11-12-23(31-26(21)29)32-27(34)25(24(19-7-8-19)20-9-10-20)33-28(35)36-16-18-5-3-2-4-6-18/h2-6,11-15,19-20,24-25H,7-10,16H2,1H3,(H,33,35)(H,31,32,34)/t25-/m0/s1. The Morgan fingerprint density at radius 2 is 1.75 bits per heavy atom. The van der Waals surface area contributed by atoms with Crippen LogP contribution in [-0.4, -0.2) is 28.0 Å². The molecule has 36 heavy (non-hydrogen) atoms. The Balaban J connectivity index is 1.30. The Kier molecular flexibility index (Phi) is 6.93. The van der Waals surface area contributed by atoms with E-state index in [1.807, 2.05) is 37.3 Å². The predicted octanol–water partition coefficient (Wildman–Crippen LogP) is 5.26. The number of benzene rings is 1. The molecule has 0 radical (unpaired) electrons. The number of ether oxygens (including phenoxy) is 1. The highest BCUT2D eigenvalue weighted by Crippen LogP contribution is 2.50. The van der Waals surface area contributed by atoms with E-state index in [0.29, 0.717) is 23.0 Å². The van der Waals surface area contributed by atoms with Crippen molar-refractivity contribution < 1.29 is 18.7 Å². The first-order valence-electron chi connectivity index (χ1n) is 12.3. The summed E-state index contributed by atoms with van der Waals surface area (Å²) in [6.07, 6.45) is 6.74. The van der Waals surface area contributed by atoms with Crippen LogP contribution in [0.2, 0.25) is 0 Å². The quantitative estimate of drug-likeness (QED) is 0.401. The van der Waals surface area contributed by atoms with Crippen molar-refractivity contribution in [3.8, 4) is 11.1 Å².